The first-order valence-electron chi connectivity index (χ1n) is 6.54. The summed E-state index contributed by atoms with van der Waals surface area (Å²) >= 11 is 0. The summed E-state index contributed by atoms with van der Waals surface area (Å²) < 4.78 is 1.83. The van der Waals surface area contributed by atoms with Crippen molar-refractivity contribution in [3.8, 4) is 11.4 Å². The summed E-state index contributed by atoms with van der Waals surface area (Å²) in [6, 6.07) is 7.68. The lowest BCUT2D eigenvalue weighted by molar-refractivity contribution is -0.117. The highest BCUT2D eigenvalue weighted by Gasteiger charge is 2.30. The molecule has 1 aromatic carbocycles. The second-order valence-corrected chi connectivity index (χ2v) is 5.07. The third-order valence-electron chi connectivity index (χ3n) is 3.59. The number of carbonyl (C=O) groups excluding carboxylic acids is 1. The second kappa shape index (κ2) is 5.05. The Balaban J connectivity index is 1.92. The minimum Gasteiger partial charge on any atom is -0.396 e. The van der Waals surface area contributed by atoms with E-state index in [1.165, 1.54) is 0 Å². The van der Waals surface area contributed by atoms with Gasteiger partial charge in [-0.1, -0.05) is 12.1 Å². The van der Waals surface area contributed by atoms with Gasteiger partial charge in [0.1, 0.15) is 6.33 Å². The average Bonchev–Trinajstić information content (AvgIpc) is 3.05. The van der Waals surface area contributed by atoms with E-state index < -0.39 is 0 Å². The number of aryl methyl sites for hydroxylation is 1. The van der Waals surface area contributed by atoms with Crippen LogP contribution in [0.2, 0.25) is 0 Å². The summed E-state index contributed by atoms with van der Waals surface area (Å²) in [7, 11) is 1.88. The lowest BCUT2D eigenvalue weighted by Crippen LogP contribution is -2.24. The molecule has 104 valence electrons. The van der Waals surface area contributed by atoms with Gasteiger partial charge in [0.25, 0.3) is 0 Å². The molecule has 6 nitrogen and oxygen atoms in total. The van der Waals surface area contributed by atoms with Crippen molar-refractivity contribution in [3.63, 3.8) is 0 Å². The van der Waals surface area contributed by atoms with Crippen molar-refractivity contribution in [2.24, 2.45) is 13.0 Å². The molecule has 2 aromatic rings. The molecule has 20 heavy (non-hydrogen) atoms. The van der Waals surface area contributed by atoms with Crippen LogP contribution in [-0.2, 0) is 11.8 Å². The Kier molecular flexibility index (Phi) is 3.23. The van der Waals surface area contributed by atoms with Crippen LogP contribution in [0.4, 0.5) is 5.69 Å². The van der Waals surface area contributed by atoms with E-state index in [0.29, 0.717) is 13.0 Å². The minimum atomic E-state index is 0.0287. The monoisotopic (exact) mass is 272 g/mol. The molecule has 6 heteroatoms. The Labute approximate surface area is 116 Å². The first-order valence-corrected chi connectivity index (χ1v) is 6.54. The summed E-state index contributed by atoms with van der Waals surface area (Å²) in [5.74, 6) is 0.845. The summed E-state index contributed by atoms with van der Waals surface area (Å²) in [5, 5.41) is 17.1. The SMILES string of the molecule is Cn1cnnc1-c1cccc(N2CC(CO)CC2=O)c1. The number of aromatic nitrogens is 3. The molecule has 1 aliphatic heterocycles. The standard InChI is InChI=1S/C14H16N4O2/c1-17-9-15-16-14(17)11-3-2-4-12(6-11)18-7-10(8-19)5-13(18)20/h2-4,6,9-10,19H,5,7-8H2,1H3. The van der Waals surface area contributed by atoms with E-state index in [9.17, 15) is 9.90 Å². The van der Waals surface area contributed by atoms with Crippen LogP contribution < -0.4 is 4.90 Å². The molecule has 0 saturated carbocycles. The van der Waals surface area contributed by atoms with Crippen LogP contribution in [0.15, 0.2) is 30.6 Å². The Morgan fingerprint density at radius 2 is 2.30 bits per heavy atom. The molecule has 0 aliphatic carbocycles. The predicted molar refractivity (Wildman–Crippen MR) is 74.0 cm³/mol. The summed E-state index contributed by atoms with van der Waals surface area (Å²) in [6.07, 6.45) is 2.05. The topological polar surface area (TPSA) is 71.2 Å². The van der Waals surface area contributed by atoms with Gasteiger partial charge >= 0.3 is 0 Å². The van der Waals surface area contributed by atoms with Crippen LogP contribution in [0.1, 0.15) is 6.42 Å². The molecule has 3 rings (SSSR count). The van der Waals surface area contributed by atoms with E-state index in [1.807, 2.05) is 35.9 Å². The van der Waals surface area contributed by atoms with Crippen LogP contribution in [0.5, 0.6) is 0 Å². The first-order chi connectivity index (χ1) is 9.69. The third kappa shape index (κ3) is 2.18. The van der Waals surface area contributed by atoms with Gasteiger partial charge in [0.05, 0.1) is 0 Å². The number of anilines is 1. The molecule has 1 aromatic heterocycles. The van der Waals surface area contributed by atoms with Crippen molar-refractivity contribution in [2.45, 2.75) is 6.42 Å². The van der Waals surface area contributed by atoms with E-state index in [-0.39, 0.29) is 18.4 Å². The van der Waals surface area contributed by atoms with Gasteiger partial charge in [0.2, 0.25) is 5.91 Å². The Hall–Kier alpha value is -2.21. The van der Waals surface area contributed by atoms with E-state index >= 15 is 0 Å². The van der Waals surface area contributed by atoms with Crippen molar-refractivity contribution in [1.29, 1.82) is 0 Å². The number of hydrogen-bond acceptors (Lipinski definition) is 4. The average molecular weight is 272 g/mol. The van der Waals surface area contributed by atoms with Gasteiger partial charge in [-0.25, -0.2) is 0 Å². The van der Waals surface area contributed by atoms with Crippen LogP contribution >= 0.6 is 0 Å². The predicted octanol–water partition coefficient (Wildman–Crippen LogP) is 0.827. The third-order valence-corrected chi connectivity index (χ3v) is 3.59. The fourth-order valence-corrected chi connectivity index (χ4v) is 2.51. The Bertz CT molecular complexity index is 638. The molecule has 1 amide bonds. The number of aliphatic hydroxyl groups is 1. The maximum atomic E-state index is 12.0. The number of hydrogen-bond donors (Lipinski definition) is 1. The highest BCUT2D eigenvalue weighted by molar-refractivity contribution is 5.96. The molecule has 1 unspecified atom stereocenters. The van der Waals surface area contributed by atoms with Crippen LogP contribution in [0.3, 0.4) is 0 Å². The molecular weight excluding hydrogens is 256 g/mol. The smallest absolute Gasteiger partial charge is 0.227 e. The second-order valence-electron chi connectivity index (χ2n) is 5.07. The van der Waals surface area contributed by atoms with Crippen LogP contribution in [0, 0.1) is 5.92 Å². The van der Waals surface area contributed by atoms with Gasteiger partial charge in [-0.3, -0.25) is 4.79 Å². The normalized spacial score (nSPS) is 18.8. The van der Waals surface area contributed by atoms with Crippen molar-refractivity contribution < 1.29 is 9.90 Å². The first kappa shape index (κ1) is 12.8. The number of carbonyl (C=O) groups is 1. The molecule has 1 aliphatic rings. The number of rotatable bonds is 3. The van der Waals surface area contributed by atoms with Crippen LogP contribution in [-0.4, -0.2) is 38.9 Å². The maximum absolute atomic E-state index is 12.0. The Morgan fingerprint density at radius 1 is 1.45 bits per heavy atom. The lowest BCUT2D eigenvalue weighted by atomic mass is 10.1. The summed E-state index contributed by atoms with van der Waals surface area (Å²) in [6.45, 7) is 0.614. The molecule has 0 bridgehead atoms. The van der Waals surface area contributed by atoms with Crippen molar-refractivity contribution >= 4 is 11.6 Å². The minimum absolute atomic E-state index is 0.0287. The molecule has 1 N–H and O–H groups in total. The lowest BCUT2D eigenvalue weighted by Gasteiger charge is -2.17. The molecule has 1 atom stereocenters. The van der Waals surface area contributed by atoms with Gasteiger partial charge in [0, 0.05) is 43.8 Å². The van der Waals surface area contributed by atoms with Gasteiger partial charge in [-0.15, -0.1) is 10.2 Å². The van der Waals surface area contributed by atoms with Gasteiger partial charge in [-0.2, -0.15) is 0 Å². The van der Waals surface area contributed by atoms with Crippen molar-refractivity contribution in [2.75, 3.05) is 18.1 Å². The zero-order valence-corrected chi connectivity index (χ0v) is 11.2. The van der Waals surface area contributed by atoms with Crippen molar-refractivity contribution in [3.05, 3.63) is 30.6 Å². The number of nitrogens with zero attached hydrogens (tertiary/aromatic N) is 4. The molecule has 2 heterocycles. The summed E-state index contributed by atoms with van der Waals surface area (Å²) in [4.78, 5) is 13.7. The number of benzene rings is 1. The Morgan fingerprint density at radius 3 is 2.95 bits per heavy atom. The molecular formula is C14H16N4O2. The van der Waals surface area contributed by atoms with E-state index in [0.717, 1.165) is 17.1 Å². The highest BCUT2D eigenvalue weighted by Crippen LogP contribution is 2.28. The molecule has 1 fully saturated rings. The largest absolute Gasteiger partial charge is 0.396 e. The fourth-order valence-electron chi connectivity index (χ4n) is 2.51. The molecule has 0 radical (unpaired) electrons. The molecule has 0 spiro atoms. The summed E-state index contributed by atoms with van der Waals surface area (Å²) in [5.41, 5.74) is 1.76. The number of aliphatic hydroxyl groups excluding tert-OH is 1. The van der Waals surface area contributed by atoms with Gasteiger partial charge < -0.3 is 14.6 Å². The van der Waals surface area contributed by atoms with E-state index in [4.69, 9.17) is 0 Å². The molecule has 1 saturated heterocycles. The van der Waals surface area contributed by atoms with E-state index in [1.54, 1.807) is 11.2 Å². The zero-order chi connectivity index (χ0) is 14.1. The maximum Gasteiger partial charge on any atom is 0.227 e. The van der Waals surface area contributed by atoms with E-state index in [2.05, 4.69) is 10.2 Å². The fraction of sp³-hybridized carbons (Fsp3) is 0.357. The number of amides is 1. The van der Waals surface area contributed by atoms with Gasteiger partial charge in [-0.05, 0) is 12.1 Å². The van der Waals surface area contributed by atoms with Crippen molar-refractivity contribution in [1.82, 2.24) is 14.8 Å². The van der Waals surface area contributed by atoms with Gasteiger partial charge in [0.15, 0.2) is 5.82 Å². The highest BCUT2D eigenvalue weighted by atomic mass is 16.3. The van der Waals surface area contributed by atoms with Crippen LogP contribution in [0.25, 0.3) is 11.4 Å². The quantitative estimate of drug-likeness (QED) is 0.898. The zero-order valence-electron chi connectivity index (χ0n) is 11.2.